The van der Waals surface area contributed by atoms with E-state index >= 15 is 0 Å². The average Bonchev–Trinajstić information content (AvgIpc) is 2.25. The molecule has 1 aromatic rings. The number of rotatable bonds is 6. The summed E-state index contributed by atoms with van der Waals surface area (Å²) >= 11 is 1.38. The van der Waals surface area contributed by atoms with Crippen LogP contribution in [0.3, 0.4) is 0 Å². The first-order chi connectivity index (χ1) is 8.51. The van der Waals surface area contributed by atoms with Gasteiger partial charge in [0.1, 0.15) is 11.6 Å². The lowest BCUT2D eigenvalue weighted by Gasteiger charge is -2.09. The molecule has 1 amide bonds. The molecule has 0 radical (unpaired) electrons. The predicted molar refractivity (Wildman–Crippen MR) is 68.6 cm³/mol. The summed E-state index contributed by atoms with van der Waals surface area (Å²) in [6.07, 6.45) is 0.604. The van der Waals surface area contributed by atoms with E-state index in [9.17, 15) is 13.6 Å². The van der Waals surface area contributed by atoms with Crippen molar-refractivity contribution in [3.63, 3.8) is 0 Å². The van der Waals surface area contributed by atoms with E-state index in [4.69, 9.17) is 5.11 Å². The number of halogens is 2. The molecule has 1 rings (SSSR count). The fraction of sp³-hybridized carbons (Fsp3) is 0.417. The first kappa shape index (κ1) is 14.9. The Labute approximate surface area is 109 Å². The van der Waals surface area contributed by atoms with Crippen molar-refractivity contribution in [1.29, 1.82) is 0 Å². The van der Waals surface area contributed by atoms with Gasteiger partial charge in [-0.15, -0.1) is 11.8 Å². The standard InChI is InChI=1S/C12H15F2NO2S/c1-8(2-3-16)18-7-12(17)15-11-5-9(13)4-10(14)6-11/h4-6,8,16H,2-3,7H2,1H3,(H,15,17). The molecule has 0 aromatic heterocycles. The maximum absolute atomic E-state index is 12.9. The van der Waals surface area contributed by atoms with E-state index < -0.39 is 11.6 Å². The van der Waals surface area contributed by atoms with Crippen molar-refractivity contribution >= 4 is 23.4 Å². The maximum Gasteiger partial charge on any atom is 0.234 e. The van der Waals surface area contributed by atoms with E-state index in [-0.39, 0.29) is 29.2 Å². The minimum Gasteiger partial charge on any atom is -0.396 e. The molecule has 0 heterocycles. The van der Waals surface area contributed by atoms with E-state index in [0.29, 0.717) is 6.42 Å². The van der Waals surface area contributed by atoms with Crippen LogP contribution in [-0.2, 0) is 4.79 Å². The van der Waals surface area contributed by atoms with Crippen LogP contribution in [0.5, 0.6) is 0 Å². The minimum atomic E-state index is -0.730. The quantitative estimate of drug-likeness (QED) is 0.838. The SMILES string of the molecule is CC(CCO)SCC(=O)Nc1cc(F)cc(F)c1. The second-order valence-corrected chi connectivity index (χ2v) is 5.27. The summed E-state index contributed by atoms with van der Waals surface area (Å²) in [6, 6.07) is 2.86. The number of carbonyl (C=O) groups excluding carboxylic acids is 1. The van der Waals surface area contributed by atoms with Crippen LogP contribution in [0, 0.1) is 11.6 Å². The zero-order chi connectivity index (χ0) is 13.5. The molecule has 0 saturated carbocycles. The molecule has 0 aliphatic heterocycles. The van der Waals surface area contributed by atoms with Gasteiger partial charge >= 0.3 is 0 Å². The van der Waals surface area contributed by atoms with Crippen molar-refractivity contribution in [2.75, 3.05) is 17.7 Å². The highest BCUT2D eigenvalue weighted by molar-refractivity contribution is 8.00. The van der Waals surface area contributed by atoms with E-state index in [1.54, 1.807) is 0 Å². The summed E-state index contributed by atoms with van der Waals surface area (Å²) in [5.41, 5.74) is 0.105. The number of aliphatic hydroxyl groups excluding tert-OH is 1. The van der Waals surface area contributed by atoms with Crippen molar-refractivity contribution in [3.05, 3.63) is 29.8 Å². The molecule has 0 saturated heterocycles. The third kappa shape index (κ3) is 5.46. The van der Waals surface area contributed by atoms with Crippen molar-refractivity contribution in [3.8, 4) is 0 Å². The van der Waals surface area contributed by atoms with Crippen LogP contribution in [0.4, 0.5) is 14.5 Å². The van der Waals surface area contributed by atoms with E-state index in [1.807, 2.05) is 6.92 Å². The Morgan fingerprint density at radius 1 is 1.39 bits per heavy atom. The second-order valence-electron chi connectivity index (χ2n) is 3.84. The molecule has 0 aliphatic rings. The molecule has 0 spiro atoms. The van der Waals surface area contributed by atoms with Gasteiger partial charge in [-0.05, 0) is 18.6 Å². The van der Waals surface area contributed by atoms with Gasteiger partial charge in [0.05, 0.1) is 5.75 Å². The lowest BCUT2D eigenvalue weighted by atomic mass is 10.3. The maximum atomic E-state index is 12.9. The molecule has 1 atom stereocenters. The molecule has 0 fully saturated rings. The van der Waals surface area contributed by atoms with Crippen molar-refractivity contribution in [2.45, 2.75) is 18.6 Å². The fourth-order valence-corrected chi connectivity index (χ4v) is 2.09. The van der Waals surface area contributed by atoms with Crippen LogP contribution in [0.2, 0.25) is 0 Å². The monoisotopic (exact) mass is 275 g/mol. The lowest BCUT2D eigenvalue weighted by Crippen LogP contribution is -2.16. The molecule has 6 heteroatoms. The molecule has 1 unspecified atom stereocenters. The highest BCUT2D eigenvalue weighted by Crippen LogP contribution is 2.16. The third-order valence-corrected chi connectivity index (χ3v) is 3.41. The number of hydrogen-bond donors (Lipinski definition) is 2. The molecular weight excluding hydrogens is 260 g/mol. The predicted octanol–water partition coefficient (Wildman–Crippen LogP) is 2.41. The Morgan fingerprint density at radius 2 is 2.00 bits per heavy atom. The molecule has 2 N–H and O–H groups in total. The summed E-state index contributed by atoms with van der Waals surface area (Å²) in [6.45, 7) is 1.97. The molecule has 18 heavy (non-hydrogen) atoms. The fourth-order valence-electron chi connectivity index (χ4n) is 1.31. The Morgan fingerprint density at radius 3 is 2.56 bits per heavy atom. The van der Waals surface area contributed by atoms with Crippen molar-refractivity contribution < 1.29 is 18.7 Å². The van der Waals surface area contributed by atoms with Crippen molar-refractivity contribution in [2.24, 2.45) is 0 Å². The van der Waals surface area contributed by atoms with Gasteiger partial charge in [-0.2, -0.15) is 0 Å². The first-order valence-corrected chi connectivity index (χ1v) is 6.54. The molecular formula is C12H15F2NO2S. The number of anilines is 1. The van der Waals surface area contributed by atoms with Gasteiger partial charge in [-0.1, -0.05) is 6.92 Å². The molecule has 1 aromatic carbocycles. The smallest absolute Gasteiger partial charge is 0.234 e. The van der Waals surface area contributed by atoms with Gasteiger partial charge in [0.15, 0.2) is 0 Å². The van der Waals surface area contributed by atoms with Crippen LogP contribution >= 0.6 is 11.8 Å². The Hall–Kier alpha value is -1.14. The summed E-state index contributed by atoms with van der Waals surface area (Å²) in [4.78, 5) is 11.5. The Bertz CT molecular complexity index is 395. The van der Waals surface area contributed by atoms with Crippen LogP contribution in [0.25, 0.3) is 0 Å². The zero-order valence-electron chi connectivity index (χ0n) is 9.95. The number of amides is 1. The highest BCUT2D eigenvalue weighted by atomic mass is 32.2. The number of aliphatic hydroxyl groups is 1. The van der Waals surface area contributed by atoms with Gasteiger partial charge in [0.2, 0.25) is 5.91 Å². The zero-order valence-corrected chi connectivity index (χ0v) is 10.8. The lowest BCUT2D eigenvalue weighted by molar-refractivity contribution is -0.113. The summed E-state index contributed by atoms with van der Waals surface area (Å²) < 4.78 is 25.7. The normalized spacial score (nSPS) is 12.2. The minimum absolute atomic E-state index is 0.0743. The van der Waals surface area contributed by atoms with Crippen molar-refractivity contribution in [1.82, 2.24) is 0 Å². The molecule has 100 valence electrons. The van der Waals surface area contributed by atoms with Gasteiger partial charge in [0, 0.05) is 23.6 Å². The largest absolute Gasteiger partial charge is 0.396 e. The molecule has 0 aliphatic carbocycles. The van der Waals surface area contributed by atoms with Gasteiger partial charge in [0.25, 0.3) is 0 Å². The Kier molecular flexibility index (Phi) is 6.07. The van der Waals surface area contributed by atoms with Crippen LogP contribution in [0.1, 0.15) is 13.3 Å². The molecule has 0 bridgehead atoms. The van der Waals surface area contributed by atoms with E-state index in [1.165, 1.54) is 11.8 Å². The summed E-state index contributed by atoms with van der Waals surface area (Å²) in [7, 11) is 0. The average molecular weight is 275 g/mol. The second kappa shape index (κ2) is 7.33. The first-order valence-electron chi connectivity index (χ1n) is 5.49. The van der Waals surface area contributed by atoms with Gasteiger partial charge < -0.3 is 10.4 Å². The summed E-state index contributed by atoms with van der Waals surface area (Å²) in [5.74, 6) is -1.60. The van der Waals surface area contributed by atoms with Gasteiger partial charge in [-0.25, -0.2) is 8.78 Å². The number of nitrogens with one attached hydrogen (secondary N) is 1. The summed E-state index contributed by atoms with van der Waals surface area (Å²) in [5, 5.41) is 11.3. The topological polar surface area (TPSA) is 49.3 Å². The third-order valence-electron chi connectivity index (χ3n) is 2.18. The van der Waals surface area contributed by atoms with Crippen LogP contribution in [-0.4, -0.2) is 28.6 Å². The van der Waals surface area contributed by atoms with E-state index in [2.05, 4.69) is 5.32 Å². The highest BCUT2D eigenvalue weighted by Gasteiger charge is 2.08. The number of thioether (sulfide) groups is 1. The molecule has 3 nitrogen and oxygen atoms in total. The van der Waals surface area contributed by atoms with Gasteiger partial charge in [-0.3, -0.25) is 4.79 Å². The number of carbonyl (C=O) groups is 1. The van der Waals surface area contributed by atoms with E-state index in [0.717, 1.165) is 18.2 Å². The number of hydrogen-bond acceptors (Lipinski definition) is 3. The number of benzene rings is 1. The van der Waals surface area contributed by atoms with Crippen LogP contribution in [0.15, 0.2) is 18.2 Å². The van der Waals surface area contributed by atoms with Crippen LogP contribution < -0.4 is 5.32 Å². The Balaban J connectivity index is 2.44.